The van der Waals surface area contributed by atoms with Crippen molar-refractivity contribution in [3.05, 3.63) is 36.5 Å². The van der Waals surface area contributed by atoms with Gasteiger partial charge in [-0.3, -0.25) is 4.79 Å². The van der Waals surface area contributed by atoms with Crippen molar-refractivity contribution in [1.29, 1.82) is 0 Å². The lowest BCUT2D eigenvalue weighted by atomic mass is 10.1. The molecule has 0 rings (SSSR count). The predicted octanol–water partition coefficient (Wildman–Crippen LogP) is 7.31. The van der Waals surface area contributed by atoms with Crippen molar-refractivity contribution in [2.45, 2.75) is 96.8 Å². The molecule has 0 aromatic carbocycles. The number of carbonyl (C=O) groups excluding carboxylic acids is 1. The van der Waals surface area contributed by atoms with E-state index in [2.05, 4.69) is 48.1 Å². The second kappa shape index (κ2) is 20.7. The number of hydrogen-bond donors (Lipinski definition) is 0. The molecule has 0 aliphatic carbocycles. The zero-order chi connectivity index (χ0) is 18.4. The zero-order valence-electron chi connectivity index (χ0n) is 16.7. The SMILES string of the molecule is CCCCCC=CCC=CCC=CCCCCCCCCC(=O)OC. The van der Waals surface area contributed by atoms with E-state index in [1.165, 1.54) is 64.9 Å². The molecular formula is C23H40O2. The molecule has 25 heavy (non-hydrogen) atoms. The first-order chi connectivity index (χ1) is 12.3. The number of hydrogen-bond acceptors (Lipinski definition) is 2. The van der Waals surface area contributed by atoms with Crippen LogP contribution in [-0.2, 0) is 9.53 Å². The summed E-state index contributed by atoms with van der Waals surface area (Å²) in [4.78, 5) is 11.0. The lowest BCUT2D eigenvalue weighted by Gasteiger charge is -2.00. The summed E-state index contributed by atoms with van der Waals surface area (Å²) < 4.78 is 4.63. The Morgan fingerprint density at radius 1 is 0.680 bits per heavy atom. The molecule has 0 unspecified atom stereocenters. The van der Waals surface area contributed by atoms with Gasteiger partial charge in [0.05, 0.1) is 7.11 Å². The van der Waals surface area contributed by atoms with Gasteiger partial charge in [0.25, 0.3) is 0 Å². The van der Waals surface area contributed by atoms with Crippen LogP contribution in [-0.4, -0.2) is 13.1 Å². The van der Waals surface area contributed by atoms with Crippen molar-refractivity contribution in [2.75, 3.05) is 7.11 Å². The molecule has 0 radical (unpaired) electrons. The van der Waals surface area contributed by atoms with Crippen molar-refractivity contribution in [3.63, 3.8) is 0 Å². The molecule has 0 spiro atoms. The normalized spacial score (nSPS) is 11.9. The fraction of sp³-hybridized carbons (Fsp3) is 0.696. The van der Waals surface area contributed by atoms with Crippen LogP contribution in [0.1, 0.15) is 96.8 Å². The highest BCUT2D eigenvalue weighted by atomic mass is 16.5. The van der Waals surface area contributed by atoms with Gasteiger partial charge in [0, 0.05) is 6.42 Å². The molecule has 0 aliphatic heterocycles. The molecule has 0 bridgehead atoms. The first-order valence-corrected chi connectivity index (χ1v) is 10.3. The van der Waals surface area contributed by atoms with Crippen LogP contribution in [0.15, 0.2) is 36.5 Å². The topological polar surface area (TPSA) is 26.3 Å². The van der Waals surface area contributed by atoms with Crippen molar-refractivity contribution < 1.29 is 9.53 Å². The Balaban J connectivity index is 3.27. The Morgan fingerprint density at radius 3 is 1.72 bits per heavy atom. The fourth-order valence-electron chi connectivity index (χ4n) is 2.63. The highest BCUT2D eigenvalue weighted by molar-refractivity contribution is 5.68. The Bertz CT molecular complexity index is 366. The summed E-state index contributed by atoms with van der Waals surface area (Å²) in [5.74, 6) is -0.0813. The molecule has 0 amide bonds. The third kappa shape index (κ3) is 20.6. The molecule has 0 N–H and O–H groups in total. The molecule has 0 atom stereocenters. The Morgan fingerprint density at radius 2 is 1.16 bits per heavy atom. The van der Waals surface area contributed by atoms with Gasteiger partial charge in [0.2, 0.25) is 0 Å². The monoisotopic (exact) mass is 348 g/mol. The van der Waals surface area contributed by atoms with Crippen LogP contribution in [0.4, 0.5) is 0 Å². The summed E-state index contributed by atoms with van der Waals surface area (Å²) in [5, 5.41) is 0. The molecule has 0 saturated carbocycles. The molecular weight excluding hydrogens is 308 g/mol. The molecule has 2 nitrogen and oxygen atoms in total. The van der Waals surface area contributed by atoms with Gasteiger partial charge in [-0.1, -0.05) is 81.9 Å². The van der Waals surface area contributed by atoms with Crippen LogP contribution in [0.5, 0.6) is 0 Å². The third-order valence-corrected chi connectivity index (χ3v) is 4.25. The maximum atomic E-state index is 11.0. The molecule has 0 heterocycles. The summed E-state index contributed by atoms with van der Waals surface area (Å²) in [5.41, 5.74) is 0. The molecule has 2 heteroatoms. The minimum Gasteiger partial charge on any atom is -0.469 e. The van der Waals surface area contributed by atoms with Gasteiger partial charge in [0.1, 0.15) is 0 Å². The van der Waals surface area contributed by atoms with Gasteiger partial charge in [0.15, 0.2) is 0 Å². The number of ether oxygens (including phenoxy) is 1. The van der Waals surface area contributed by atoms with Gasteiger partial charge in [-0.15, -0.1) is 0 Å². The Hall–Kier alpha value is -1.31. The number of allylic oxidation sites excluding steroid dienone is 6. The van der Waals surface area contributed by atoms with E-state index in [0.29, 0.717) is 6.42 Å². The average molecular weight is 349 g/mol. The second-order valence-electron chi connectivity index (χ2n) is 6.62. The highest BCUT2D eigenvalue weighted by Gasteiger charge is 1.98. The first kappa shape index (κ1) is 23.7. The van der Waals surface area contributed by atoms with Crippen LogP contribution >= 0.6 is 0 Å². The second-order valence-corrected chi connectivity index (χ2v) is 6.62. The van der Waals surface area contributed by atoms with Gasteiger partial charge < -0.3 is 4.74 Å². The van der Waals surface area contributed by atoms with E-state index >= 15 is 0 Å². The minimum absolute atomic E-state index is 0.0813. The van der Waals surface area contributed by atoms with Crippen LogP contribution in [0.2, 0.25) is 0 Å². The Labute approximate surface area is 156 Å². The van der Waals surface area contributed by atoms with E-state index in [1.54, 1.807) is 0 Å². The van der Waals surface area contributed by atoms with E-state index in [4.69, 9.17) is 0 Å². The van der Waals surface area contributed by atoms with E-state index in [9.17, 15) is 4.79 Å². The first-order valence-electron chi connectivity index (χ1n) is 10.3. The van der Waals surface area contributed by atoms with Crippen molar-refractivity contribution in [2.24, 2.45) is 0 Å². The van der Waals surface area contributed by atoms with Gasteiger partial charge in [-0.25, -0.2) is 0 Å². The Kier molecular flexibility index (Phi) is 19.6. The van der Waals surface area contributed by atoms with Crippen molar-refractivity contribution in [3.8, 4) is 0 Å². The lowest BCUT2D eigenvalue weighted by Crippen LogP contribution is -1.99. The summed E-state index contributed by atoms with van der Waals surface area (Å²) in [6.07, 6.45) is 30.0. The van der Waals surface area contributed by atoms with Gasteiger partial charge >= 0.3 is 5.97 Å². The minimum atomic E-state index is -0.0813. The predicted molar refractivity (Wildman–Crippen MR) is 110 cm³/mol. The third-order valence-electron chi connectivity index (χ3n) is 4.25. The van der Waals surface area contributed by atoms with E-state index in [1.807, 2.05) is 0 Å². The molecule has 0 saturated heterocycles. The van der Waals surface area contributed by atoms with E-state index < -0.39 is 0 Å². The van der Waals surface area contributed by atoms with Gasteiger partial charge in [-0.2, -0.15) is 0 Å². The summed E-state index contributed by atoms with van der Waals surface area (Å²) >= 11 is 0. The van der Waals surface area contributed by atoms with E-state index in [-0.39, 0.29) is 5.97 Å². The largest absolute Gasteiger partial charge is 0.469 e. The standard InChI is InChI=1S/C23H40O2/c1-3-4-5-6-7-8-9-10-11-12-13-14-15-16-17-18-19-20-21-22-23(24)25-2/h7-8,10-11,13-14H,3-6,9,12,15-22H2,1-2H3. The van der Waals surface area contributed by atoms with Crippen LogP contribution in [0.25, 0.3) is 0 Å². The summed E-state index contributed by atoms with van der Waals surface area (Å²) in [7, 11) is 1.46. The molecule has 0 aliphatic rings. The van der Waals surface area contributed by atoms with E-state index in [0.717, 1.165) is 25.7 Å². The number of unbranched alkanes of at least 4 members (excludes halogenated alkanes) is 9. The number of rotatable bonds is 17. The number of methoxy groups -OCH3 is 1. The fourth-order valence-corrected chi connectivity index (χ4v) is 2.63. The molecule has 0 fully saturated rings. The number of esters is 1. The quantitative estimate of drug-likeness (QED) is 0.156. The van der Waals surface area contributed by atoms with Crippen LogP contribution in [0.3, 0.4) is 0 Å². The maximum absolute atomic E-state index is 11.0. The summed E-state index contributed by atoms with van der Waals surface area (Å²) in [6.45, 7) is 2.25. The molecule has 144 valence electrons. The zero-order valence-corrected chi connectivity index (χ0v) is 16.7. The maximum Gasteiger partial charge on any atom is 0.305 e. The van der Waals surface area contributed by atoms with Crippen LogP contribution < -0.4 is 0 Å². The molecule has 0 aromatic heterocycles. The molecule has 0 aromatic rings. The smallest absolute Gasteiger partial charge is 0.305 e. The van der Waals surface area contributed by atoms with Crippen molar-refractivity contribution >= 4 is 5.97 Å². The highest BCUT2D eigenvalue weighted by Crippen LogP contribution is 2.09. The average Bonchev–Trinajstić information content (AvgIpc) is 2.63. The van der Waals surface area contributed by atoms with Crippen molar-refractivity contribution in [1.82, 2.24) is 0 Å². The van der Waals surface area contributed by atoms with Crippen LogP contribution in [0, 0.1) is 0 Å². The summed E-state index contributed by atoms with van der Waals surface area (Å²) in [6, 6.07) is 0. The van der Waals surface area contributed by atoms with Gasteiger partial charge in [-0.05, 0) is 44.9 Å². The number of carbonyl (C=O) groups is 1. The lowest BCUT2D eigenvalue weighted by molar-refractivity contribution is -0.140.